The third kappa shape index (κ3) is 4.87. The van der Waals surface area contributed by atoms with Crippen LogP contribution >= 0.6 is 11.8 Å². The lowest BCUT2D eigenvalue weighted by atomic mass is 9.78. The number of para-hydroxylation sites is 1. The quantitative estimate of drug-likeness (QED) is 0.397. The van der Waals surface area contributed by atoms with Crippen LogP contribution < -0.4 is 16.6 Å². The molecule has 1 fully saturated rings. The number of nitrogens with two attached hydrogens (primary N) is 1. The number of aromatic nitrogens is 2. The number of nitrogens with zero attached hydrogens (tertiary/aromatic N) is 2. The minimum absolute atomic E-state index is 0.0475. The molecular weight excluding hydrogens is 448 g/mol. The second-order valence-corrected chi connectivity index (χ2v) is 10.4. The number of nitrogens with one attached hydrogen (secondary N) is 1. The van der Waals surface area contributed by atoms with Crippen LogP contribution in [0.2, 0.25) is 0 Å². The van der Waals surface area contributed by atoms with Crippen molar-refractivity contribution >= 4 is 40.2 Å². The van der Waals surface area contributed by atoms with Crippen molar-refractivity contribution in [3.05, 3.63) is 64.4 Å². The van der Waals surface area contributed by atoms with E-state index in [-0.39, 0.29) is 17.5 Å². The fourth-order valence-electron chi connectivity index (χ4n) is 4.59. The van der Waals surface area contributed by atoms with Crippen LogP contribution in [0.3, 0.4) is 0 Å². The van der Waals surface area contributed by atoms with Gasteiger partial charge in [0.05, 0.1) is 16.2 Å². The lowest BCUT2D eigenvalue weighted by molar-refractivity contribution is -0.115. The predicted molar refractivity (Wildman–Crippen MR) is 136 cm³/mol. The molecule has 0 spiro atoms. The van der Waals surface area contributed by atoms with Crippen LogP contribution in [0.1, 0.15) is 56.4 Å². The van der Waals surface area contributed by atoms with Gasteiger partial charge in [0.2, 0.25) is 11.8 Å². The largest absolute Gasteiger partial charge is 0.366 e. The number of carbonyl (C=O) groups excluding carboxylic acids is 2. The third-order valence-electron chi connectivity index (χ3n) is 6.86. The number of carbonyl (C=O) groups is 2. The first-order valence-corrected chi connectivity index (χ1v) is 12.5. The van der Waals surface area contributed by atoms with Gasteiger partial charge in [0.25, 0.3) is 5.56 Å². The molecule has 8 heteroatoms. The second-order valence-electron chi connectivity index (χ2n) is 9.11. The number of hydrogen-bond donors (Lipinski definition) is 2. The molecule has 1 aliphatic carbocycles. The highest BCUT2D eigenvalue weighted by Crippen LogP contribution is 2.39. The third-order valence-corrected chi connectivity index (χ3v) is 7.93. The minimum Gasteiger partial charge on any atom is -0.366 e. The summed E-state index contributed by atoms with van der Waals surface area (Å²) < 4.78 is 1.83. The van der Waals surface area contributed by atoms with E-state index in [1.165, 1.54) is 11.8 Å². The molecule has 0 radical (unpaired) electrons. The molecule has 0 saturated heterocycles. The van der Waals surface area contributed by atoms with Crippen LogP contribution in [0.25, 0.3) is 10.9 Å². The van der Waals surface area contributed by atoms with E-state index < -0.39 is 11.2 Å². The van der Waals surface area contributed by atoms with Crippen LogP contribution in [0.4, 0.5) is 5.69 Å². The van der Waals surface area contributed by atoms with Crippen molar-refractivity contribution in [3.8, 4) is 0 Å². The van der Waals surface area contributed by atoms with Gasteiger partial charge in [0.1, 0.15) is 0 Å². The minimum atomic E-state index is -0.520. The normalized spacial score (nSPS) is 21.2. The van der Waals surface area contributed by atoms with Crippen LogP contribution in [-0.2, 0) is 4.79 Å². The van der Waals surface area contributed by atoms with Crippen molar-refractivity contribution in [2.75, 3.05) is 5.32 Å². The Kier molecular flexibility index (Phi) is 7.07. The zero-order valence-electron chi connectivity index (χ0n) is 19.7. The molecule has 4 atom stereocenters. The number of rotatable bonds is 6. The van der Waals surface area contributed by atoms with E-state index in [2.05, 4.69) is 19.2 Å². The zero-order valence-corrected chi connectivity index (χ0v) is 20.5. The molecule has 3 aromatic rings. The molecule has 1 aliphatic rings. The number of hydrogen-bond acceptors (Lipinski definition) is 5. The highest BCUT2D eigenvalue weighted by molar-refractivity contribution is 8.00. The Labute approximate surface area is 203 Å². The van der Waals surface area contributed by atoms with Gasteiger partial charge in [-0.2, -0.15) is 0 Å². The second kappa shape index (κ2) is 10.0. The molecule has 0 aliphatic heterocycles. The topological polar surface area (TPSA) is 107 Å². The molecule has 2 amide bonds. The van der Waals surface area contributed by atoms with Gasteiger partial charge in [-0.3, -0.25) is 19.0 Å². The lowest BCUT2D eigenvalue weighted by Crippen LogP contribution is -2.36. The lowest BCUT2D eigenvalue weighted by Gasteiger charge is -2.36. The summed E-state index contributed by atoms with van der Waals surface area (Å²) in [6.07, 6.45) is 3.14. The molecule has 3 N–H and O–H groups in total. The van der Waals surface area contributed by atoms with Gasteiger partial charge in [-0.1, -0.05) is 50.6 Å². The summed E-state index contributed by atoms with van der Waals surface area (Å²) in [6.45, 7) is 6.25. The molecule has 1 saturated carbocycles. The maximum Gasteiger partial charge on any atom is 0.262 e. The maximum atomic E-state index is 13.6. The van der Waals surface area contributed by atoms with Crippen molar-refractivity contribution in [2.45, 2.75) is 56.5 Å². The standard InChI is InChI=1S/C26H30N4O3S/c1-15-7-6-10-22(16(15)2)30-25(33)20-8-4-5-9-21(20)29-26(30)34-17(3)24(32)28-19-13-11-18(12-14-19)23(27)31/h4-5,8-9,11-17,22H,6-7,10H2,1-3H3,(H2,27,31)(H,28,32)/t15-,16+,17-,22+/m0/s1. The summed E-state index contributed by atoms with van der Waals surface area (Å²) in [4.78, 5) is 42.6. The van der Waals surface area contributed by atoms with Crippen molar-refractivity contribution in [2.24, 2.45) is 17.6 Å². The first-order chi connectivity index (χ1) is 16.3. The Morgan fingerprint density at radius 2 is 1.82 bits per heavy atom. The summed E-state index contributed by atoms with van der Waals surface area (Å²) in [6, 6.07) is 13.9. The van der Waals surface area contributed by atoms with E-state index in [0.717, 1.165) is 19.3 Å². The van der Waals surface area contributed by atoms with E-state index in [4.69, 9.17) is 10.7 Å². The Morgan fingerprint density at radius 3 is 2.53 bits per heavy atom. The molecule has 0 bridgehead atoms. The van der Waals surface area contributed by atoms with E-state index in [1.54, 1.807) is 31.2 Å². The number of thioether (sulfide) groups is 1. The average molecular weight is 479 g/mol. The number of primary amides is 1. The van der Waals surface area contributed by atoms with E-state index in [1.807, 2.05) is 28.8 Å². The van der Waals surface area contributed by atoms with Gasteiger partial charge in [-0.15, -0.1) is 0 Å². The Hall–Kier alpha value is -3.13. The molecule has 0 unspecified atom stereocenters. The number of benzene rings is 2. The van der Waals surface area contributed by atoms with Crippen LogP contribution in [0.15, 0.2) is 58.5 Å². The van der Waals surface area contributed by atoms with Gasteiger partial charge >= 0.3 is 0 Å². The molecule has 1 heterocycles. The van der Waals surface area contributed by atoms with Gasteiger partial charge in [0.15, 0.2) is 5.16 Å². The predicted octanol–water partition coefficient (Wildman–Crippen LogP) is 4.61. The number of fused-ring (bicyclic) bond motifs is 1. The zero-order chi connectivity index (χ0) is 24.4. The number of amides is 2. The molecule has 2 aromatic carbocycles. The fraction of sp³-hybridized carbons (Fsp3) is 0.385. The highest BCUT2D eigenvalue weighted by Gasteiger charge is 2.32. The monoisotopic (exact) mass is 478 g/mol. The highest BCUT2D eigenvalue weighted by atomic mass is 32.2. The van der Waals surface area contributed by atoms with Crippen molar-refractivity contribution < 1.29 is 9.59 Å². The van der Waals surface area contributed by atoms with Gasteiger partial charge in [0, 0.05) is 17.3 Å². The molecule has 1 aromatic heterocycles. The molecule has 34 heavy (non-hydrogen) atoms. The van der Waals surface area contributed by atoms with Gasteiger partial charge < -0.3 is 11.1 Å². The first kappa shape index (κ1) is 24.0. The van der Waals surface area contributed by atoms with E-state index >= 15 is 0 Å². The summed E-state index contributed by atoms with van der Waals surface area (Å²) in [7, 11) is 0. The average Bonchev–Trinajstić information content (AvgIpc) is 2.82. The van der Waals surface area contributed by atoms with Crippen LogP contribution in [0, 0.1) is 11.8 Å². The van der Waals surface area contributed by atoms with Crippen LogP contribution in [-0.4, -0.2) is 26.6 Å². The molecule has 4 rings (SSSR count). The molecule has 178 valence electrons. The van der Waals surface area contributed by atoms with Crippen molar-refractivity contribution in [3.63, 3.8) is 0 Å². The Bertz CT molecular complexity index is 1270. The SMILES string of the molecule is C[C@H]1[C@H](n2c(S[C@@H](C)C(=O)Nc3ccc(C(N)=O)cc3)nc3ccccc3c2=O)CCC[C@@H]1C. The Balaban J connectivity index is 1.64. The van der Waals surface area contributed by atoms with E-state index in [0.29, 0.717) is 39.1 Å². The number of anilines is 1. The summed E-state index contributed by atoms with van der Waals surface area (Å²) in [5.74, 6) is 0.116. The molecule has 7 nitrogen and oxygen atoms in total. The van der Waals surface area contributed by atoms with Crippen LogP contribution in [0.5, 0.6) is 0 Å². The summed E-state index contributed by atoms with van der Waals surface area (Å²) >= 11 is 1.30. The first-order valence-electron chi connectivity index (χ1n) is 11.6. The van der Waals surface area contributed by atoms with Gasteiger partial charge in [-0.25, -0.2) is 4.98 Å². The van der Waals surface area contributed by atoms with E-state index in [9.17, 15) is 14.4 Å². The fourth-order valence-corrected chi connectivity index (χ4v) is 5.56. The molecular formula is C26H30N4O3S. The smallest absolute Gasteiger partial charge is 0.262 e. The Morgan fingerprint density at radius 1 is 1.12 bits per heavy atom. The van der Waals surface area contributed by atoms with Crippen molar-refractivity contribution in [1.82, 2.24) is 9.55 Å². The van der Waals surface area contributed by atoms with Crippen molar-refractivity contribution in [1.29, 1.82) is 0 Å². The van der Waals surface area contributed by atoms with Gasteiger partial charge in [-0.05, 0) is 61.6 Å². The summed E-state index contributed by atoms with van der Waals surface area (Å²) in [5, 5.41) is 3.55. The maximum absolute atomic E-state index is 13.6. The summed E-state index contributed by atoms with van der Waals surface area (Å²) in [5.41, 5.74) is 6.82.